The number of aliphatic hydroxyl groups excluding tert-OH is 1. The van der Waals surface area contributed by atoms with Crippen LogP contribution in [0.4, 0.5) is 8.78 Å². The predicted octanol–water partition coefficient (Wildman–Crippen LogP) is 0.732. The minimum absolute atomic E-state index is 0.162. The Balaban J connectivity index is 3.92. The van der Waals surface area contributed by atoms with Gasteiger partial charge in [0.05, 0.1) is 7.11 Å². The number of aliphatic hydroxyl groups is 1. The van der Waals surface area contributed by atoms with Gasteiger partial charge in [0.15, 0.2) is 0 Å². The molecule has 0 aromatic carbocycles. The highest BCUT2D eigenvalue weighted by molar-refractivity contribution is 5.87. The van der Waals surface area contributed by atoms with E-state index < -0.39 is 24.9 Å². The lowest BCUT2D eigenvalue weighted by Gasteiger charge is -2.09. The monoisotopic (exact) mass is 180 g/mol. The lowest BCUT2D eigenvalue weighted by molar-refractivity contribution is -0.136. The van der Waals surface area contributed by atoms with Crippen LogP contribution in [0.2, 0.25) is 0 Å². The molecule has 3 nitrogen and oxygen atoms in total. The van der Waals surface area contributed by atoms with Gasteiger partial charge in [-0.15, -0.1) is 0 Å². The van der Waals surface area contributed by atoms with E-state index in [1.165, 1.54) is 0 Å². The molecule has 12 heavy (non-hydrogen) atoms. The van der Waals surface area contributed by atoms with E-state index in [0.717, 1.165) is 7.11 Å². The molecule has 0 aromatic heterocycles. The third kappa shape index (κ3) is 3.43. The summed E-state index contributed by atoms with van der Waals surface area (Å²) in [4.78, 5) is 10.6. The molecule has 0 aliphatic heterocycles. The Morgan fingerprint density at radius 1 is 1.67 bits per heavy atom. The molecule has 0 bridgehead atoms. The van der Waals surface area contributed by atoms with Crippen molar-refractivity contribution in [1.29, 1.82) is 0 Å². The second-order valence-electron chi connectivity index (χ2n) is 2.20. The van der Waals surface area contributed by atoms with Crippen molar-refractivity contribution in [2.24, 2.45) is 0 Å². The van der Waals surface area contributed by atoms with Crippen LogP contribution in [0, 0.1) is 0 Å². The molecule has 0 spiro atoms. The first-order chi connectivity index (χ1) is 5.49. The summed E-state index contributed by atoms with van der Waals surface area (Å²) in [5.41, 5.74) is -0.162. The Bertz CT molecular complexity index is 179. The minimum Gasteiger partial charge on any atom is -0.466 e. The average Bonchev–Trinajstić information content (AvgIpc) is 2.02. The zero-order valence-corrected chi connectivity index (χ0v) is 6.59. The summed E-state index contributed by atoms with van der Waals surface area (Å²) in [5.74, 6) is -0.783. The third-order valence-electron chi connectivity index (χ3n) is 1.22. The van der Waals surface area contributed by atoms with Crippen molar-refractivity contribution in [1.82, 2.24) is 0 Å². The van der Waals surface area contributed by atoms with Gasteiger partial charge in [-0.25, -0.2) is 13.6 Å². The van der Waals surface area contributed by atoms with Gasteiger partial charge < -0.3 is 9.84 Å². The van der Waals surface area contributed by atoms with Crippen molar-refractivity contribution >= 4 is 5.97 Å². The van der Waals surface area contributed by atoms with E-state index in [0.29, 0.717) is 0 Å². The highest BCUT2D eigenvalue weighted by Crippen LogP contribution is 2.11. The Morgan fingerprint density at radius 3 is 2.50 bits per heavy atom. The number of methoxy groups -OCH3 is 1. The van der Waals surface area contributed by atoms with Crippen LogP contribution in [0.5, 0.6) is 0 Å². The summed E-state index contributed by atoms with van der Waals surface area (Å²) >= 11 is 0. The molecule has 1 atom stereocenters. The zero-order valence-electron chi connectivity index (χ0n) is 6.59. The van der Waals surface area contributed by atoms with Gasteiger partial charge in [-0.3, -0.25) is 0 Å². The highest BCUT2D eigenvalue weighted by Gasteiger charge is 2.20. The molecule has 0 saturated heterocycles. The topological polar surface area (TPSA) is 46.5 Å². The van der Waals surface area contributed by atoms with E-state index in [9.17, 15) is 13.6 Å². The van der Waals surface area contributed by atoms with Gasteiger partial charge in [-0.2, -0.15) is 0 Å². The fraction of sp³-hybridized carbons (Fsp3) is 0.571. The molecule has 0 radical (unpaired) electrons. The lowest BCUT2D eigenvalue weighted by atomic mass is 10.1. The number of rotatable bonds is 4. The standard InChI is InChI=1S/C7H10F2O3/c1-4(7(11)12-2)3-5(10)6(8)9/h5-6,10H,1,3H2,2H3/t5-/m0/s1. The molecule has 0 rings (SSSR count). The quantitative estimate of drug-likeness (QED) is 0.512. The first-order valence-corrected chi connectivity index (χ1v) is 3.21. The van der Waals surface area contributed by atoms with Gasteiger partial charge in [0.25, 0.3) is 6.43 Å². The number of hydrogen-bond acceptors (Lipinski definition) is 3. The van der Waals surface area contributed by atoms with Crippen LogP contribution in [-0.2, 0) is 9.53 Å². The van der Waals surface area contributed by atoms with Crippen LogP contribution < -0.4 is 0 Å². The fourth-order valence-corrected chi connectivity index (χ4v) is 0.569. The van der Waals surface area contributed by atoms with Crippen molar-refractivity contribution in [3.05, 3.63) is 12.2 Å². The van der Waals surface area contributed by atoms with Gasteiger partial charge in [0.2, 0.25) is 0 Å². The van der Waals surface area contributed by atoms with Crippen LogP contribution in [0.3, 0.4) is 0 Å². The number of carbonyl (C=O) groups is 1. The maximum absolute atomic E-state index is 11.7. The lowest BCUT2D eigenvalue weighted by Crippen LogP contribution is -2.20. The van der Waals surface area contributed by atoms with Gasteiger partial charge >= 0.3 is 5.97 Å². The van der Waals surface area contributed by atoms with Gasteiger partial charge in [-0.1, -0.05) is 6.58 Å². The van der Waals surface area contributed by atoms with Crippen molar-refractivity contribution in [3.63, 3.8) is 0 Å². The molecule has 1 N–H and O–H groups in total. The van der Waals surface area contributed by atoms with E-state index in [-0.39, 0.29) is 5.57 Å². The number of carbonyl (C=O) groups excluding carboxylic acids is 1. The Morgan fingerprint density at radius 2 is 2.17 bits per heavy atom. The molecule has 70 valence electrons. The third-order valence-corrected chi connectivity index (χ3v) is 1.22. The number of halogens is 2. The largest absolute Gasteiger partial charge is 0.466 e. The SMILES string of the molecule is C=C(C[C@H](O)C(F)F)C(=O)OC. The molecular weight excluding hydrogens is 170 g/mol. The second-order valence-corrected chi connectivity index (χ2v) is 2.20. The summed E-state index contributed by atoms with van der Waals surface area (Å²) in [6, 6.07) is 0. The van der Waals surface area contributed by atoms with Crippen LogP contribution >= 0.6 is 0 Å². The first-order valence-electron chi connectivity index (χ1n) is 3.21. The van der Waals surface area contributed by atoms with Crippen LogP contribution in [0.15, 0.2) is 12.2 Å². The van der Waals surface area contributed by atoms with Gasteiger partial charge in [0, 0.05) is 12.0 Å². The van der Waals surface area contributed by atoms with Gasteiger partial charge in [0.1, 0.15) is 6.10 Å². The number of alkyl halides is 2. The van der Waals surface area contributed by atoms with Crippen LogP contribution in [-0.4, -0.2) is 30.7 Å². The smallest absolute Gasteiger partial charge is 0.333 e. The van der Waals surface area contributed by atoms with Crippen molar-refractivity contribution in [2.75, 3.05) is 7.11 Å². The van der Waals surface area contributed by atoms with Gasteiger partial charge in [-0.05, 0) is 0 Å². The molecule has 0 aliphatic carbocycles. The maximum atomic E-state index is 11.7. The van der Waals surface area contributed by atoms with Crippen LogP contribution in [0.1, 0.15) is 6.42 Å². The Hall–Kier alpha value is -0.970. The minimum atomic E-state index is -2.87. The van der Waals surface area contributed by atoms with Crippen molar-refractivity contribution < 1.29 is 23.4 Å². The predicted molar refractivity (Wildman–Crippen MR) is 37.8 cm³/mol. The molecule has 0 unspecified atom stereocenters. The molecule has 0 amide bonds. The normalized spacial score (nSPS) is 12.8. The van der Waals surface area contributed by atoms with E-state index in [2.05, 4.69) is 11.3 Å². The zero-order chi connectivity index (χ0) is 9.72. The van der Waals surface area contributed by atoms with E-state index in [1.54, 1.807) is 0 Å². The summed E-state index contributed by atoms with van der Waals surface area (Å²) in [5, 5.41) is 8.62. The molecule has 0 heterocycles. The Kier molecular flexibility index (Phi) is 4.43. The van der Waals surface area contributed by atoms with E-state index >= 15 is 0 Å². The number of ether oxygens (including phenoxy) is 1. The average molecular weight is 180 g/mol. The van der Waals surface area contributed by atoms with E-state index in [1.807, 2.05) is 0 Å². The summed E-state index contributed by atoms with van der Waals surface area (Å²) in [6.07, 6.45) is -5.19. The maximum Gasteiger partial charge on any atom is 0.333 e. The first kappa shape index (κ1) is 11.0. The fourth-order valence-electron chi connectivity index (χ4n) is 0.569. The molecule has 0 aliphatic rings. The van der Waals surface area contributed by atoms with Crippen LogP contribution in [0.25, 0.3) is 0 Å². The summed E-state index contributed by atoms with van der Waals surface area (Å²) < 4.78 is 27.6. The van der Waals surface area contributed by atoms with Crippen molar-refractivity contribution in [3.8, 4) is 0 Å². The molecule has 5 heteroatoms. The number of hydrogen-bond donors (Lipinski definition) is 1. The molecule has 0 fully saturated rings. The summed E-state index contributed by atoms with van der Waals surface area (Å²) in [6.45, 7) is 3.18. The summed E-state index contributed by atoms with van der Waals surface area (Å²) in [7, 11) is 1.11. The highest BCUT2D eigenvalue weighted by atomic mass is 19.3. The van der Waals surface area contributed by atoms with E-state index in [4.69, 9.17) is 5.11 Å². The molecule has 0 aromatic rings. The molecule has 0 saturated carbocycles. The Labute approximate surface area is 68.6 Å². The second kappa shape index (κ2) is 4.82. The molecular formula is C7H10F2O3. The number of esters is 1. The van der Waals surface area contributed by atoms with Crippen molar-refractivity contribution in [2.45, 2.75) is 19.0 Å².